The summed E-state index contributed by atoms with van der Waals surface area (Å²) in [5, 5.41) is 0. The molecule has 2 atom stereocenters. The van der Waals surface area contributed by atoms with Gasteiger partial charge in [0.1, 0.15) is 6.61 Å². The van der Waals surface area contributed by atoms with Crippen LogP contribution in [0.1, 0.15) is 12.0 Å². The van der Waals surface area contributed by atoms with Crippen molar-refractivity contribution in [3.63, 3.8) is 0 Å². The Morgan fingerprint density at radius 1 is 1.40 bits per heavy atom. The number of hydrogen-bond donors (Lipinski definition) is 1. The molecule has 5 nitrogen and oxygen atoms in total. The van der Waals surface area contributed by atoms with Crippen molar-refractivity contribution in [2.75, 3.05) is 20.2 Å². The van der Waals surface area contributed by atoms with E-state index in [2.05, 4.69) is 0 Å². The topological polar surface area (TPSA) is 64.8 Å². The third kappa shape index (κ3) is 4.37. The molecule has 1 aromatic carbocycles. The maximum Gasteiger partial charge on any atom is 0.410 e. The summed E-state index contributed by atoms with van der Waals surface area (Å²) in [5.74, 6) is 0. The van der Waals surface area contributed by atoms with Crippen LogP contribution in [0.2, 0.25) is 0 Å². The molecule has 0 aliphatic carbocycles. The van der Waals surface area contributed by atoms with Crippen LogP contribution in [0.5, 0.6) is 0 Å². The maximum absolute atomic E-state index is 11.9. The quantitative estimate of drug-likeness (QED) is 0.924. The second-order valence-corrected chi connectivity index (χ2v) is 4.71. The van der Waals surface area contributed by atoms with Gasteiger partial charge in [-0.15, -0.1) is 12.4 Å². The van der Waals surface area contributed by atoms with E-state index in [1.54, 1.807) is 12.0 Å². The lowest BCUT2D eigenvalue weighted by atomic mass is 10.0. The standard InChI is InChI=1S/C14H20N2O3.ClH/c1-18-13-9-16(8-7-12(13)15)14(17)19-10-11-5-3-2-4-6-11;/h2-6,12-13H,7-10,15H2,1H3;1H. The zero-order chi connectivity index (χ0) is 13.7. The van der Waals surface area contributed by atoms with E-state index in [0.717, 1.165) is 12.0 Å². The Morgan fingerprint density at radius 3 is 2.75 bits per heavy atom. The molecule has 1 saturated heterocycles. The first kappa shape index (κ1) is 16.8. The van der Waals surface area contributed by atoms with E-state index in [1.807, 2.05) is 30.3 Å². The predicted octanol–water partition coefficient (Wildman–Crippen LogP) is 1.79. The lowest BCUT2D eigenvalue weighted by molar-refractivity contribution is 0.0107. The number of nitrogens with zero attached hydrogens (tertiary/aromatic N) is 1. The van der Waals surface area contributed by atoms with Crippen LogP contribution in [0.3, 0.4) is 0 Å². The van der Waals surface area contributed by atoms with Gasteiger partial charge in [-0.1, -0.05) is 30.3 Å². The van der Waals surface area contributed by atoms with E-state index in [9.17, 15) is 4.79 Å². The molecule has 20 heavy (non-hydrogen) atoms. The lowest BCUT2D eigenvalue weighted by Gasteiger charge is -2.35. The van der Waals surface area contributed by atoms with Crippen molar-refractivity contribution in [2.24, 2.45) is 5.73 Å². The van der Waals surface area contributed by atoms with Gasteiger partial charge < -0.3 is 20.1 Å². The molecule has 0 bridgehead atoms. The van der Waals surface area contributed by atoms with E-state index in [0.29, 0.717) is 19.7 Å². The maximum atomic E-state index is 11.9. The monoisotopic (exact) mass is 300 g/mol. The van der Waals surface area contributed by atoms with Crippen LogP contribution in [0.4, 0.5) is 4.79 Å². The fraction of sp³-hybridized carbons (Fsp3) is 0.500. The highest BCUT2D eigenvalue weighted by atomic mass is 35.5. The molecule has 0 spiro atoms. The van der Waals surface area contributed by atoms with Gasteiger partial charge in [0.15, 0.2) is 0 Å². The average molecular weight is 301 g/mol. The lowest BCUT2D eigenvalue weighted by Crippen LogP contribution is -2.53. The Bertz CT molecular complexity index is 416. The number of amides is 1. The Morgan fingerprint density at radius 2 is 2.10 bits per heavy atom. The van der Waals surface area contributed by atoms with Crippen LogP contribution in [0, 0.1) is 0 Å². The number of ether oxygens (including phenoxy) is 2. The smallest absolute Gasteiger partial charge is 0.410 e. The number of piperidine rings is 1. The molecule has 1 aliphatic rings. The predicted molar refractivity (Wildman–Crippen MR) is 78.8 cm³/mol. The minimum atomic E-state index is -0.308. The van der Waals surface area contributed by atoms with Crippen molar-refractivity contribution in [1.82, 2.24) is 4.90 Å². The van der Waals surface area contributed by atoms with Crippen molar-refractivity contribution in [2.45, 2.75) is 25.2 Å². The summed E-state index contributed by atoms with van der Waals surface area (Å²) >= 11 is 0. The molecule has 6 heteroatoms. The minimum Gasteiger partial charge on any atom is -0.445 e. The van der Waals surface area contributed by atoms with E-state index in [1.165, 1.54) is 0 Å². The molecule has 1 aliphatic heterocycles. The van der Waals surface area contributed by atoms with Gasteiger partial charge in [-0.25, -0.2) is 4.79 Å². The number of carbonyl (C=O) groups excluding carboxylic acids is 1. The molecule has 1 amide bonds. The molecule has 2 N–H and O–H groups in total. The number of halogens is 1. The van der Waals surface area contributed by atoms with Gasteiger partial charge in [0.2, 0.25) is 0 Å². The molecule has 1 heterocycles. The third-order valence-corrected chi connectivity index (χ3v) is 3.38. The van der Waals surface area contributed by atoms with Gasteiger partial charge in [-0.05, 0) is 12.0 Å². The van der Waals surface area contributed by atoms with E-state index in [-0.39, 0.29) is 30.6 Å². The number of methoxy groups -OCH3 is 1. The highest BCUT2D eigenvalue weighted by Gasteiger charge is 2.29. The first-order chi connectivity index (χ1) is 9.20. The number of rotatable bonds is 3. The summed E-state index contributed by atoms with van der Waals surface area (Å²) in [7, 11) is 1.61. The Hall–Kier alpha value is -1.30. The first-order valence-corrected chi connectivity index (χ1v) is 6.44. The van der Waals surface area contributed by atoms with Crippen LogP contribution in [-0.4, -0.2) is 43.3 Å². The summed E-state index contributed by atoms with van der Waals surface area (Å²) in [6.07, 6.45) is 0.315. The van der Waals surface area contributed by atoms with Crippen molar-refractivity contribution in [3.8, 4) is 0 Å². The van der Waals surface area contributed by atoms with E-state index >= 15 is 0 Å². The normalized spacial score (nSPS) is 22.0. The SMILES string of the molecule is COC1CN(C(=O)OCc2ccccc2)CCC1N.Cl. The van der Waals surface area contributed by atoms with Crippen molar-refractivity contribution in [1.29, 1.82) is 0 Å². The zero-order valence-corrected chi connectivity index (χ0v) is 12.3. The van der Waals surface area contributed by atoms with Gasteiger partial charge >= 0.3 is 6.09 Å². The molecule has 0 saturated carbocycles. The summed E-state index contributed by atoms with van der Waals surface area (Å²) < 4.78 is 10.6. The Labute approximate surface area is 125 Å². The highest BCUT2D eigenvalue weighted by Crippen LogP contribution is 2.13. The van der Waals surface area contributed by atoms with Crippen LogP contribution in [0.25, 0.3) is 0 Å². The zero-order valence-electron chi connectivity index (χ0n) is 11.5. The number of carbonyl (C=O) groups is 1. The van der Waals surface area contributed by atoms with E-state index < -0.39 is 0 Å². The summed E-state index contributed by atoms with van der Waals surface area (Å²) in [4.78, 5) is 13.6. The molecule has 1 aromatic rings. The summed E-state index contributed by atoms with van der Waals surface area (Å²) in [5.41, 5.74) is 6.89. The van der Waals surface area contributed by atoms with Crippen LogP contribution < -0.4 is 5.73 Å². The fourth-order valence-electron chi connectivity index (χ4n) is 2.16. The third-order valence-electron chi connectivity index (χ3n) is 3.38. The second-order valence-electron chi connectivity index (χ2n) is 4.71. The van der Waals surface area contributed by atoms with E-state index in [4.69, 9.17) is 15.2 Å². The van der Waals surface area contributed by atoms with Crippen LogP contribution in [-0.2, 0) is 16.1 Å². The molecular formula is C14H21ClN2O3. The molecular weight excluding hydrogens is 280 g/mol. The van der Waals surface area contributed by atoms with Gasteiger partial charge in [0.05, 0.1) is 12.6 Å². The molecule has 1 fully saturated rings. The van der Waals surface area contributed by atoms with Crippen molar-refractivity contribution < 1.29 is 14.3 Å². The minimum absolute atomic E-state index is 0. The summed E-state index contributed by atoms with van der Waals surface area (Å²) in [6.45, 7) is 1.40. The van der Waals surface area contributed by atoms with Crippen LogP contribution in [0.15, 0.2) is 30.3 Å². The van der Waals surface area contributed by atoms with Crippen molar-refractivity contribution in [3.05, 3.63) is 35.9 Å². The molecule has 112 valence electrons. The van der Waals surface area contributed by atoms with Gasteiger partial charge in [-0.2, -0.15) is 0 Å². The summed E-state index contributed by atoms with van der Waals surface area (Å²) in [6, 6.07) is 9.62. The Kier molecular flexibility index (Phi) is 6.78. The fourth-order valence-corrected chi connectivity index (χ4v) is 2.16. The largest absolute Gasteiger partial charge is 0.445 e. The van der Waals surface area contributed by atoms with Gasteiger partial charge in [-0.3, -0.25) is 0 Å². The molecule has 2 rings (SSSR count). The second kappa shape index (κ2) is 8.09. The number of likely N-dealkylation sites (tertiary alicyclic amines) is 1. The molecule has 0 radical (unpaired) electrons. The number of hydrogen-bond acceptors (Lipinski definition) is 4. The number of benzene rings is 1. The Balaban J connectivity index is 0.00000200. The van der Waals surface area contributed by atoms with Crippen LogP contribution >= 0.6 is 12.4 Å². The van der Waals surface area contributed by atoms with Gasteiger partial charge in [0, 0.05) is 19.7 Å². The van der Waals surface area contributed by atoms with Gasteiger partial charge in [0.25, 0.3) is 0 Å². The molecule has 2 unspecified atom stereocenters. The highest BCUT2D eigenvalue weighted by molar-refractivity contribution is 5.85. The first-order valence-electron chi connectivity index (χ1n) is 6.44. The van der Waals surface area contributed by atoms with Crippen molar-refractivity contribution >= 4 is 18.5 Å². The number of nitrogens with two attached hydrogens (primary N) is 1. The average Bonchev–Trinajstić information content (AvgIpc) is 2.46. The molecule has 0 aromatic heterocycles.